The van der Waals surface area contributed by atoms with Crippen LogP contribution in [0.4, 0.5) is 13.2 Å². The first-order chi connectivity index (χ1) is 6.86. The molecular weight excluding hydrogens is 209 g/mol. The second-order valence-corrected chi connectivity index (χ2v) is 2.74. The first-order valence-corrected chi connectivity index (χ1v) is 3.91. The second kappa shape index (κ2) is 5.33. The van der Waals surface area contributed by atoms with Crippen LogP contribution in [0.25, 0.3) is 0 Å². The Hall–Kier alpha value is -1.59. The summed E-state index contributed by atoms with van der Waals surface area (Å²) in [5.74, 6) is 0. The van der Waals surface area contributed by atoms with Gasteiger partial charge in [0.1, 0.15) is 0 Å². The van der Waals surface area contributed by atoms with Crippen molar-refractivity contribution in [3.8, 4) is 0 Å². The number of allylic oxidation sites excluding steroid dienone is 2. The molecule has 0 radical (unpaired) electrons. The number of nitrogens with zero attached hydrogens (tertiary/aromatic N) is 2. The van der Waals surface area contributed by atoms with Crippen LogP contribution in [0.15, 0.2) is 28.9 Å². The highest BCUT2D eigenvalue weighted by molar-refractivity contribution is 5.48. The average Bonchev–Trinajstić information content (AvgIpc) is 2.14. The Bertz CT molecular complexity index is 294. The van der Waals surface area contributed by atoms with Crippen LogP contribution in [0, 0.1) is 0 Å². The molecule has 0 unspecified atom stereocenters. The molecular formula is C9H11F3N2O. The molecule has 0 heterocycles. The van der Waals surface area contributed by atoms with E-state index in [2.05, 4.69) is 18.3 Å². The number of carbonyl (C=O) groups is 1. The first kappa shape index (κ1) is 13.4. The molecule has 0 aliphatic heterocycles. The lowest BCUT2D eigenvalue weighted by Gasteiger charge is -2.15. The molecule has 0 bridgehead atoms. The molecule has 1 amide bonds. The van der Waals surface area contributed by atoms with E-state index in [4.69, 9.17) is 0 Å². The van der Waals surface area contributed by atoms with E-state index >= 15 is 0 Å². The van der Waals surface area contributed by atoms with E-state index in [0.717, 1.165) is 4.90 Å². The molecule has 0 aromatic heterocycles. The van der Waals surface area contributed by atoms with E-state index < -0.39 is 11.7 Å². The number of hydrogen-bond acceptors (Lipinski definition) is 2. The van der Waals surface area contributed by atoms with Gasteiger partial charge in [-0.05, 0) is 6.72 Å². The molecule has 0 aliphatic rings. The van der Waals surface area contributed by atoms with Gasteiger partial charge in [-0.3, -0.25) is 9.79 Å². The molecule has 0 rings (SSSR count). The Balaban J connectivity index is 5.17. The minimum Gasteiger partial charge on any atom is -0.342 e. The number of halogens is 3. The second-order valence-electron chi connectivity index (χ2n) is 2.74. The Morgan fingerprint density at radius 1 is 1.53 bits per heavy atom. The maximum absolute atomic E-state index is 12.4. The number of amides is 1. The molecule has 6 heteroatoms. The molecule has 0 saturated heterocycles. The van der Waals surface area contributed by atoms with Gasteiger partial charge < -0.3 is 4.90 Å². The zero-order valence-electron chi connectivity index (χ0n) is 8.21. The zero-order chi connectivity index (χ0) is 12.1. The van der Waals surface area contributed by atoms with E-state index in [1.165, 1.54) is 7.05 Å². The van der Waals surface area contributed by atoms with Crippen LogP contribution in [0.2, 0.25) is 0 Å². The minimum atomic E-state index is -4.54. The zero-order valence-corrected chi connectivity index (χ0v) is 8.21. The summed E-state index contributed by atoms with van der Waals surface area (Å²) in [4.78, 5) is 14.5. The van der Waals surface area contributed by atoms with Gasteiger partial charge in [-0.1, -0.05) is 12.7 Å². The summed E-state index contributed by atoms with van der Waals surface area (Å²) in [6.45, 7) is 5.83. The molecule has 0 N–H and O–H groups in total. The monoisotopic (exact) mass is 220 g/mol. The van der Waals surface area contributed by atoms with Crippen LogP contribution in [-0.2, 0) is 4.79 Å². The smallest absolute Gasteiger partial charge is 0.342 e. The summed E-state index contributed by atoms with van der Waals surface area (Å²) < 4.78 is 37.2. The highest BCUT2D eigenvalue weighted by Gasteiger charge is 2.34. The van der Waals surface area contributed by atoms with Crippen molar-refractivity contribution in [1.29, 1.82) is 0 Å². The number of carbonyl (C=O) groups excluding carboxylic acids is 1. The maximum atomic E-state index is 12.4. The molecule has 0 aromatic rings. The van der Waals surface area contributed by atoms with Gasteiger partial charge in [0, 0.05) is 7.05 Å². The van der Waals surface area contributed by atoms with Gasteiger partial charge in [-0.15, -0.1) is 0 Å². The molecule has 0 fully saturated rings. The number of rotatable bonds is 5. The number of hydrogen-bond donors (Lipinski definition) is 0. The van der Waals surface area contributed by atoms with Crippen molar-refractivity contribution >= 4 is 13.1 Å². The summed E-state index contributed by atoms with van der Waals surface area (Å²) in [7, 11) is 1.34. The molecule has 84 valence electrons. The molecule has 0 atom stereocenters. The van der Waals surface area contributed by atoms with Crippen molar-refractivity contribution in [2.75, 3.05) is 13.6 Å². The van der Waals surface area contributed by atoms with Crippen molar-refractivity contribution in [3.05, 3.63) is 23.9 Å². The molecule has 0 aliphatic carbocycles. The van der Waals surface area contributed by atoms with E-state index in [1.807, 2.05) is 0 Å². The Morgan fingerprint density at radius 3 is 2.33 bits per heavy atom. The van der Waals surface area contributed by atoms with Crippen molar-refractivity contribution in [2.45, 2.75) is 6.18 Å². The third-order valence-electron chi connectivity index (χ3n) is 1.59. The standard InChI is InChI=1S/C9H11F3N2O/c1-4-7(9(10,11)12)8(13-2)5-14(3)6-15/h4,6H,1-2,5H2,3H3/b8-7+. The van der Waals surface area contributed by atoms with Gasteiger partial charge in [0.15, 0.2) is 0 Å². The molecule has 15 heavy (non-hydrogen) atoms. The molecule has 0 saturated carbocycles. The number of alkyl halides is 3. The van der Waals surface area contributed by atoms with Gasteiger partial charge in [-0.25, -0.2) is 0 Å². The lowest BCUT2D eigenvalue weighted by molar-refractivity contribution is -0.116. The van der Waals surface area contributed by atoms with Crippen molar-refractivity contribution in [2.24, 2.45) is 4.99 Å². The van der Waals surface area contributed by atoms with E-state index in [0.29, 0.717) is 12.5 Å². The Labute approximate surface area is 85.6 Å². The third-order valence-corrected chi connectivity index (χ3v) is 1.59. The van der Waals surface area contributed by atoms with Crippen molar-refractivity contribution < 1.29 is 18.0 Å². The van der Waals surface area contributed by atoms with Crippen LogP contribution < -0.4 is 0 Å². The summed E-state index contributed by atoms with van der Waals surface area (Å²) in [6, 6.07) is 0. The van der Waals surface area contributed by atoms with Gasteiger partial charge >= 0.3 is 6.18 Å². The quantitative estimate of drug-likeness (QED) is 0.395. The molecule has 3 nitrogen and oxygen atoms in total. The topological polar surface area (TPSA) is 32.7 Å². The SMILES string of the molecule is C=C/C(=C(/CN(C)C=O)N=C)C(F)(F)F. The minimum absolute atomic E-state index is 0.256. The van der Waals surface area contributed by atoms with Crippen LogP contribution >= 0.6 is 0 Å². The van der Waals surface area contributed by atoms with E-state index in [1.54, 1.807) is 0 Å². The maximum Gasteiger partial charge on any atom is 0.418 e. The normalized spacial score (nSPS) is 12.8. The highest BCUT2D eigenvalue weighted by Crippen LogP contribution is 2.29. The number of aliphatic imine (C=N–C) groups is 1. The Kier molecular flexibility index (Phi) is 4.77. The summed E-state index contributed by atoms with van der Waals surface area (Å²) in [5.41, 5.74) is -1.31. The largest absolute Gasteiger partial charge is 0.418 e. The van der Waals surface area contributed by atoms with Gasteiger partial charge in [0.25, 0.3) is 0 Å². The lowest BCUT2D eigenvalue weighted by Crippen LogP contribution is -2.22. The highest BCUT2D eigenvalue weighted by atomic mass is 19.4. The summed E-state index contributed by atoms with van der Waals surface area (Å²) in [5, 5.41) is 0. The molecule has 0 spiro atoms. The fraction of sp³-hybridized carbons (Fsp3) is 0.333. The van der Waals surface area contributed by atoms with Crippen LogP contribution in [-0.4, -0.2) is 37.8 Å². The predicted octanol–water partition coefficient (Wildman–Crippen LogP) is 1.78. The summed E-state index contributed by atoms with van der Waals surface area (Å²) in [6.07, 6.45) is -3.48. The lowest BCUT2D eigenvalue weighted by atomic mass is 10.2. The molecule has 0 aromatic carbocycles. The third kappa shape index (κ3) is 3.97. The Morgan fingerprint density at radius 2 is 2.07 bits per heavy atom. The predicted molar refractivity (Wildman–Crippen MR) is 51.5 cm³/mol. The van der Waals surface area contributed by atoms with Gasteiger partial charge in [0.05, 0.1) is 17.8 Å². The van der Waals surface area contributed by atoms with Gasteiger partial charge in [0.2, 0.25) is 6.41 Å². The van der Waals surface area contributed by atoms with E-state index in [9.17, 15) is 18.0 Å². The summed E-state index contributed by atoms with van der Waals surface area (Å²) >= 11 is 0. The van der Waals surface area contributed by atoms with Crippen molar-refractivity contribution in [1.82, 2.24) is 4.90 Å². The van der Waals surface area contributed by atoms with Gasteiger partial charge in [-0.2, -0.15) is 13.2 Å². The average molecular weight is 220 g/mol. The van der Waals surface area contributed by atoms with E-state index in [-0.39, 0.29) is 12.2 Å². The van der Waals surface area contributed by atoms with Crippen LogP contribution in [0.5, 0.6) is 0 Å². The fourth-order valence-electron chi connectivity index (χ4n) is 0.891. The van der Waals surface area contributed by atoms with Crippen LogP contribution in [0.1, 0.15) is 0 Å². The fourth-order valence-corrected chi connectivity index (χ4v) is 0.891. The number of likely N-dealkylation sites (N-methyl/N-ethyl adjacent to an activating group) is 1. The first-order valence-electron chi connectivity index (χ1n) is 3.91. The van der Waals surface area contributed by atoms with Crippen LogP contribution in [0.3, 0.4) is 0 Å². The van der Waals surface area contributed by atoms with Crippen molar-refractivity contribution in [3.63, 3.8) is 0 Å².